The fourth-order valence-electron chi connectivity index (χ4n) is 9.33. The van der Waals surface area contributed by atoms with Crippen LogP contribution in [0.4, 0.5) is 34.4 Å². The first-order chi connectivity index (χ1) is 37.5. The van der Waals surface area contributed by atoms with Crippen LogP contribution in [0.5, 0.6) is 11.5 Å². The number of hydrogen-bond donors (Lipinski definition) is 2. The molecular weight excluding hydrogens is 1050 g/mol. The van der Waals surface area contributed by atoms with Crippen molar-refractivity contribution >= 4 is 114 Å². The van der Waals surface area contributed by atoms with Crippen LogP contribution in [0.1, 0.15) is 87.9 Å². The second kappa shape index (κ2) is 23.8. The number of benzene rings is 4. The molecular formula is C56H62BClN10O8S2. The van der Waals surface area contributed by atoms with Crippen LogP contribution in [0.15, 0.2) is 96.0 Å². The van der Waals surface area contributed by atoms with Crippen LogP contribution in [0, 0.1) is 0 Å². The summed E-state index contributed by atoms with van der Waals surface area (Å²) in [6, 6.07) is 27.4. The van der Waals surface area contributed by atoms with E-state index in [-0.39, 0.29) is 28.4 Å². The molecule has 0 bridgehead atoms. The molecule has 0 unspecified atom stereocenters. The van der Waals surface area contributed by atoms with Gasteiger partial charge >= 0.3 is 19.1 Å². The van der Waals surface area contributed by atoms with Gasteiger partial charge in [0.1, 0.15) is 27.4 Å². The van der Waals surface area contributed by atoms with Crippen LogP contribution < -0.4 is 35.4 Å². The van der Waals surface area contributed by atoms with Crippen molar-refractivity contribution in [1.82, 2.24) is 29.9 Å². The molecule has 78 heavy (non-hydrogen) atoms. The summed E-state index contributed by atoms with van der Waals surface area (Å²) >= 11 is 8.94. The van der Waals surface area contributed by atoms with Gasteiger partial charge in [0.25, 0.3) is 0 Å². The fraction of sp³-hybridized carbons (Fsp3) is 0.357. The number of ether oxygens (including phenoxy) is 4. The van der Waals surface area contributed by atoms with Gasteiger partial charge in [-0.05, 0) is 121 Å². The lowest BCUT2D eigenvalue weighted by Gasteiger charge is -2.32. The second-order valence-electron chi connectivity index (χ2n) is 20.0. The maximum Gasteiger partial charge on any atom is 0.494 e. The molecule has 22 heteroatoms. The Morgan fingerprint density at radius 1 is 0.641 bits per heavy atom. The van der Waals surface area contributed by atoms with Gasteiger partial charge in [-0.1, -0.05) is 24.3 Å². The van der Waals surface area contributed by atoms with Gasteiger partial charge < -0.3 is 48.7 Å². The zero-order valence-electron chi connectivity index (χ0n) is 45.3. The Hall–Kier alpha value is -7.17. The third-order valence-electron chi connectivity index (χ3n) is 14.3. The molecule has 0 radical (unpaired) electrons. The Kier molecular flexibility index (Phi) is 17.0. The monoisotopic (exact) mass is 1110 g/mol. The predicted molar refractivity (Wildman–Crippen MR) is 310 cm³/mol. The standard InChI is InChI=1S/C25H25N5O3S.C17H18ClN5OS.C14H19BO4/c1-15-5-4-10-30(15)19-11-18(12-20(13-19)32-2)27-23-21-24(34-14-26-21)29-22(28-23)16-6-8-17(9-7-16)25(31)33-3;1-10-4-3-5-23(10)12-6-11(7-13(8-12)24-2)20-15-14-16(25-9-19-14)22-17(18)21-15;1-13(2)14(3,4)19-15(18-13)11-8-6-10(7-9-11)12(16)17-5/h6-9,11-15H,4-5,10H2,1-3H3,(H,27,28,29);6-10H,3-5H2,1-2H3,(H,20,21,22);6-9H,1-5H3/t15-;10-;/m00./s1. The Balaban J connectivity index is 0.000000149. The number of rotatable bonds is 12. The minimum absolute atomic E-state index is 0.204. The second-order valence-corrected chi connectivity index (χ2v) is 22.0. The van der Waals surface area contributed by atoms with Crippen LogP contribution >= 0.6 is 34.3 Å². The van der Waals surface area contributed by atoms with E-state index >= 15 is 0 Å². The maximum atomic E-state index is 11.8. The van der Waals surface area contributed by atoms with E-state index in [0.717, 1.165) is 68.0 Å². The van der Waals surface area contributed by atoms with Crippen LogP contribution in [0.2, 0.25) is 5.28 Å². The quantitative estimate of drug-likeness (QED) is 0.0665. The Morgan fingerprint density at radius 2 is 1.10 bits per heavy atom. The number of carbonyl (C=O) groups excluding carboxylic acids is 2. The number of carbonyl (C=O) groups is 2. The number of halogens is 1. The fourth-order valence-corrected chi connectivity index (χ4v) is 10.9. The molecule has 7 heterocycles. The zero-order chi connectivity index (χ0) is 55.3. The number of aromatic nitrogens is 6. The third-order valence-corrected chi connectivity index (χ3v) is 15.9. The van der Waals surface area contributed by atoms with E-state index in [1.54, 1.807) is 49.5 Å². The number of esters is 2. The molecule has 2 atom stereocenters. The van der Waals surface area contributed by atoms with E-state index in [4.69, 9.17) is 40.1 Å². The topological polar surface area (TPSA) is 197 Å². The highest BCUT2D eigenvalue weighted by atomic mass is 35.5. The summed E-state index contributed by atoms with van der Waals surface area (Å²) in [7, 11) is 5.68. The van der Waals surface area contributed by atoms with E-state index in [1.165, 1.54) is 62.6 Å². The smallest absolute Gasteiger partial charge is 0.494 e. The summed E-state index contributed by atoms with van der Waals surface area (Å²) in [5.41, 5.74) is 10.9. The molecule has 3 saturated heterocycles. The number of nitrogens with one attached hydrogen (secondary N) is 2. The number of fused-ring (bicyclic) bond motifs is 2. The van der Waals surface area contributed by atoms with Crippen LogP contribution in [0.25, 0.3) is 32.1 Å². The van der Waals surface area contributed by atoms with Crippen molar-refractivity contribution in [1.29, 1.82) is 0 Å². The average Bonchev–Trinajstić information content (AvgIpc) is 4.40. The van der Waals surface area contributed by atoms with Crippen molar-refractivity contribution in [3.63, 3.8) is 0 Å². The molecule has 0 spiro atoms. The van der Waals surface area contributed by atoms with Crippen molar-refractivity contribution < 1.29 is 37.8 Å². The third kappa shape index (κ3) is 12.4. The highest BCUT2D eigenvalue weighted by Crippen LogP contribution is 2.38. The molecule has 0 amide bonds. The summed E-state index contributed by atoms with van der Waals surface area (Å²) in [6.45, 7) is 14.6. The summed E-state index contributed by atoms with van der Waals surface area (Å²) in [5.74, 6) is 2.62. The highest BCUT2D eigenvalue weighted by Gasteiger charge is 2.51. The zero-order valence-corrected chi connectivity index (χ0v) is 47.6. The molecule has 3 aliphatic heterocycles. The lowest BCUT2D eigenvalue weighted by atomic mass is 9.79. The molecule has 18 nitrogen and oxygen atoms in total. The molecule has 4 aromatic carbocycles. The molecule has 4 aromatic heterocycles. The number of methoxy groups -OCH3 is 4. The first-order valence-electron chi connectivity index (χ1n) is 25.5. The Labute approximate surface area is 467 Å². The lowest BCUT2D eigenvalue weighted by Crippen LogP contribution is -2.41. The van der Waals surface area contributed by atoms with E-state index < -0.39 is 7.12 Å². The predicted octanol–water partition coefficient (Wildman–Crippen LogP) is 11.5. The van der Waals surface area contributed by atoms with Gasteiger partial charge in [0.15, 0.2) is 22.3 Å². The molecule has 3 aliphatic rings. The molecule has 3 fully saturated rings. The number of hydrogen-bond acceptors (Lipinski definition) is 20. The van der Waals surface area contributed by atoms with Crippen LogP contribution in [0.3, 0.4) is 0 Å². The molecule has 11 rings (SSSR count). The van der Waals surface area contributed by atoms with E-state index in [9.17, 15) is 9.59 Å². The SMILES string of the molecule is COC(=O)c1ccc(-c2nc(Nc3cc(OC)cc(N4CCC[C@@H]4C)c3)c3ncsc3n2)cc1.COC(=O)c1ccc(B2OC(C)(C)C(C)(C)O2)cc1.COc1cc(Nc2nc(Cl)nc3scnc23)cc(N2CCC[C@@H]2C)c1. The van der Waals surface area contributed by atoms with E-state index in [1.807, 2.05) is 64.1 Å². The molecule has 2 N–H and O–H groups in total. The van der Waals surface area contributed by atoms with Gasteiger partial charge in [-0.3, -0.25) is 0 Å². The van der Waals surface area contributed by atoms with Crippen molar-refractivity contribution in [2.24, 2.45) is 0 Å². The van der Waals surface area contributed by atoms with Gasteiger partial charge in [-0.2, -0.15) is 4.98 Å². The van der Waals surface area contributed by atoms with E-state index in [2.05, 4.69) is 88.2 Å². The largest absolute Gasteiger partial charge is 0.497 e. The van der Waals surface area contributed by atoms with Crippen molar-refractivity contribution in [3.8, 4) is 22.9 Å². The van der Waals surface area contributed by atoms with Gasteiger partial charge in [-0.25, -0.2) is 34.5 Å². The maximum absolute atomic E-state index is 11.8. The summed E-state index contributed by atoms with van der Waals surface area (Å²) in [4.78, 5) is 56.3. The van der Waals surface area contributed by atoms with E-state index in [0.29, 0.717) is 51.7 Å². The normalized spacial score (nSPS) is 17.2. The van der Waals surface area contributed by atoms with Gasteiger partial charge in [0.2, 0.25) is 5.28 Å². The first-order valence-corrected chi connectivity index (χ1v) is 27.7. The van der Waals surface area contributed by atoms with Gasteiger partial charge in [0.05, 0.1) is 61.8 Å². The van der Waals surface area contributed by atoms with Crippen molar-refractivity contribution in [2.45, 2.75) is 90.5 Å². The van der Waals surface area contributed by atoms with Gasteiger partial charge in [0, 0.05) is 77.8 Å². The van der Waals surface area contributed by atoms with Crippen molar-refractivity contribution in [3.05, 3.63) is 112 Å². The molecule has 8 aromatic rings. The summed E-state index contributed by atoms with van der Waals surface area (Å²) < 4.78 is 32.4. The van der Waals surface area contributed by atoms with Crippen LogP contribution in [-0.2, 0) is 18.8 Å². The Bertz CT molecular complexity index is 3400. The minimum atomic E-state index is -0.406. The number of thiazole rings is 2. The first kappa shape index (κ1) is 55.6. The molecule has 0 aliphatic carbocycles. The lowest BCUT2D eigenvalue weighted by molar-refractivity contribution is 0.00578. The van der Waals surface area contributed by atoms with Crippen molar-refractivity contribution in [2.75, 3.05) is 62.0 Å². The molecule has 406 valence electrons. The Morgan fingerprint density at radius 3 is 1.55 bits per heavy atom. The minimum Gasteiger partial charge on any atom is -0.497 e. The highest BCUT2D eigenvalue weighted by molar-refractivity contribution is 7.16. The summed E-state index contributed by atoms with van der Waals surface area (Å²) in [6.07, 6.45) is 4.79. The summed E-state index contributed by atoms with van der Waals surface area (Å²) in [5, 5.41) is 6.98. The molecule has 0 saturated carbocycles. The average molecular weight is 1110 g/mol. The van der Waals surface area contributed by atoms with Gasteiger partial charge in [-0.15, -0.1) is 22.7 Å². The van der Waals surface area contributed by atoms with Crippen LogP contribution in [-0.4, -0.2) is 114 Å². The number of anilines is 6. The number of nitrogens with zero attached hydrogens (tertiary/aromatic N) is 8.